The van der Waals surface area contributed by atoms with E-state index in [2.05, 4.69) is 137 Å². The minimum atomic E-state index is 0.275. The molecule has 3 heterocycles. The highest BCUT2D eigenvalue weighted by atomic mass is 32.1. The van der Waals surface area contributed by atoms with Crippen molar-refractivity contribution in [2.45, 2.75) is 12.5 Å². The molecule has 0 saturated heterocycles. The van der Waals surface area contributed by atoms with Crippen molar-refractivity contribution in [2.24, 2.45) is 0 Å². The van der Waals surface area contributed by atoms with Gasteiger partial charge in [0.1, 0.15) is 0 Å². The fourth-order valence-electron chi connectivity index (χ4n) is 6.80. The van der Waals surface area contributed by atoms with Crippen molar-refractivity contribution >= 4 is 71.1 Å². The van der Waals surface area contributed by atoms with Crippen LogP contribution in [0.15, 0.2) is 121 Å². The fraction of sp³-hybridized carbons (Fsp3) is 0.0556. The lowest BCUT2D eigenvalue weighted by Crippen LogP contribution is -2.12. The van der Waals surface area contributed by atoms with E-state index in [9.17, 15) is 0 Å². The molecular weight excluding hydrogens is 492 g/mol. The minimum Gasteiger partial charge on any atom is -0.333 e. The highest BCUT2D eigenvalue weighted by Gasteiger charge is 2.23. The van der Waals surface area contributed by atoms with Gasteiger partial charge in [0.05, 0.1) is 17.1 Å². The Labute approximate surface area is 229 Å². The molecule has 8 aromatic rings. The summed E-state index contributed by atoms with van der Waals surface area (Å²) in [6, 6.07) is 42.5. The van der Waals surface area contributed by atoms with Gasteiger partial charge in [-0.25, -0.2) is 0 Å². The Bertz CT molecular complexity index is 2170. The summed E-state index contributed by atoms with van der Waals surface area (Å²) in [5, 5.41) is 6.64. The van der Waals surface area contributed by atoms with Crippen LogP contribution in [-0.2, 0) is 6.42 Å². The van der Waals surface area contributed by atoms with Crippen LogP contribution in [0.5, 0.6) is 0 Å². The number of thiophene rings is 1. The normalized spacial score (nSPS) is 15.2. The van der Waals surface area contributed by atoms with Gasteiger partial charge in [0.25, 0.3) is 0 Å². The van der Waals surface area contributed by atoms with Crippen LogP contribution in [0.25, 0.3) is 65.5 Å². The Morgan fingerprint density at radius 2 is 1.10 bits per heavy atom. The fourth-order valence-corrected chi connectivity index (χ4v) is 7.93. The lowest BCUT2D eigenvalue weighted by atomic mass is 9.96. The van der Waals surface area contributed by atoms with E-state index in [1.165, 1.54) is 69.8 Å². The first kappa shape index (κ1) is 21.3. The molecule has 1 atom stereocenters. The molecule has 1 aliphatic rings. The van der Waals surface area contributed by atoms with Crippen molar-refractivity contribution < 1.29 is 0 Å². The van der Waals surface area contributed by atoms with Gasteiger partial charge in [-0.2, -0.15) is 0 Å². The summed E-state index contributed by atoms with van der Waals surface area (Å²) in [7, 11) is 0. The second-order valence-corrected chi connectivity index (χ2v) is 11.6. The van der Waals surface area contributed by atoms with E-state index in [1.54, 1.807) is 0 Å². The number of nitrogens with zero attached hydrogens (tertiary/aromatic N) is 2. The number of hydrogen-bond acceptors (Lipinski definition) is 1. The van der Waals surface area contributed by atoms with Crippen molar-refractivity contribution in [1.29, 1.82) is 0 Å². The van der Waals surface area contributed by atoms with Crippen LogP contribution in [0, 0.1) is 0 Å². The Morgan fingerprint density at radius 1 is 0.564 bits per heavy atom. The molecule has 1 unspecified atom stereocenters. The maximum atomic E-state index is 2.55. The maximum Gasteiger partial charge on any atom is 0.0567 e. The molecule has 0 saturated carbocycles. The first-order valence-corrected chi connectivity index (χ1v) is 14.4. The Morgan fingerprint density at radius 3 is 1.72 bits per heavy atom. The van der Waals surface area contributed by atoms with Crippen molar-refractivity contribution in [3.05, 3.63) is 132 Å². The predicted molar refractivity (Wildman–Crippen MR) is 167 cm³/mol. The molecule has 0 radical (unpaired) electrons. The van der Waals surface area contributed by atoms with E-state index in [4.69, 9.17) is 0 Å². The molecule has 39 heavy (non-hydrogen) atoms. The molecule has 0 aliphatic heterocycles. The minimum absolute atomic E-state index is 0.275. The molecule has 3 heteroatoms. The lowest BCUT2D eigenvalue weighted by Gasteiger charge is -2.22. The second-order valence-electron chi connectivity index (χ2n) is 10.5. The van der Waals surface area contributed by atoms with Crippen LogP contribution in [0.4, 0.5) is 0 Å². The van der Waals surface area contributed by atoms with Gasteiger partial charge in [-0.05, 0) is 65.9 Å². The highest BCUT2D eigenvalue weighted by Crippen LogP contribution is 2.42. The summed E-state index contributed by atoms with van der Waals surface area (Å²) in [5.41, 5.74) is 7.82. The standard InChI is InChI=1S/C36H24N2S/c1-5-13-31-25(9-1)26-10-2-6-14-32(26)37(31)23-17-19-35-29(21-23)30-22-24(18-20-36(30)39-35)38-33-15-7-3-11-27(33)28-12-4-8-16-34(28)38/h1-21,24H,22H2. The molecule has 184 valence electrons. The van der Waals surface area contributed by atoms with Crippen LogP contribution >= 0.6 is 11.3 Å². The molecule has 5 aromatic carbocycles. The molecule has 0 N–H and O–H groups in total. The summed E-state index contributed by atoms with van der Waals surface area (Å²) < 4.78 is 6.33. The van der Waals surface area contributed by atoms with Crippen LogP contribution in [0.1, 0.15) is 16.5 Å². The molecule has 0 bridgehead atoms. The van der Waals surface area contributed by atoms with Crippen LogP contribution in [0.3, 0.4) is 0 Å². The smallest absolute Gasteiger partial charge is 0.0567 e. The van der Waals surface area contributed by atoms with Gasteiger partial charge in [0.2, 0.25) is 0 Å². The largest absolute Gasteiger partial charge is 0.333 e. The van der Waals surface area contributed by atoms with Crippen molar-refractivity contribution in [3.8, 4) is 5.69 Å². The molecule has 0 spiro atoms. The number of hydrogen-bond donors (Lipinski definition) is 0. The zero-order valence-electron chi connectivity index (χ0n) is 21.2. The van der Waals surface area contributed by atoms with E-state index >= 15 is 0 Å². The summed E-state index contributed by atoms with van der Waals surface area (Å²) in [4.78, 5) is 1.39. The molecule has 2 nitrogen and oxygen atoms in total. The summed E-state index contributed by atoms with van der Waals surface area (Å²) in [6.45, 7) is 0. The third-order valence-electron chi connectivity index (χ3n) is 8.48. The lowest BCUT2D eigenvalue weighted by molar-refractivity contribution is 0.639. The van der Waals surface area contributed by atoms with Crippen LogP contribution < -0.4 is 0 Å². The molecule has 1 aliphatic carbocycles. The molecule has 0 fully saturated rings. The molecule has 3 aromatic heterocycles. The van der Waals surface area contributed by atoms with E-state index in [0.29, 0.717) is 0 Å². The zero-order valence-corrected chi connectivity index (χ0v) is 22.0. The third kappa shape index (κ3) is 2.96. The first-order chi connectivity index (χ1) is 19.3. The maximum absolute atomic E-state index is 2.55. The van der Waals surface area contributed by atoms with Crippen molar-refractivity contribution in [3.63, 3.8) is 0 Å². The summed E-state index contributed by atoms with van der Waals surface area (Å²) in [6.07, 6.45) is 5.76. The van der Waals surface area contributed by atoms with Crippen LogP contribution in [0.2, 0.25) is 0 Å². The summed E-state index contributed by atoms with van der Waals surface area (Å²) >= 11 is 1.91. The second kappa shape index (κ2) is 7.95. The van der Waals surface area contributed by atoms with Gasteiger partial charge in [-0.15, -0.1) is 11.3 Å². The highest BCUT2D eigenvalue weighted by molar-refractivity contribution is 7.20. The van der Waals surface area contributed by atoms with Gasteiger partial charge < -0.3 is 9.13 Å². The Hall–Kier alpha value is -4.60. The third-order valence-corrected chi connectivity index (χ3v) is 9.65. The SMILES string of the molecule is C1=CC(n2c3ccccc3c3ccccc32)Cc2c1sc1ccc(-n3c4ccccc4c4ccccc43)cc21. The van der Waals surface area contributed by atoms with Gasteiger partial charge in [0, 0.05) is 47.8 Å². The van der Waals surface area contributed by atoms with Gasteiger partial charge in [-0.3, -0.25) is 0 Å². The number of aromatic nitrogens is 2. The number of allylic oxidation sites excluding steroid dienone is 1. The van der Waals surface area contributed by atoms with E-state index < -0.39 is 0 Å². The average Bonchev–Trinajstić information content (AvgIpc) is 3.64. The van der Waals surface area contributed by atoms with E-state index in [0.717, 1.165) is 6.42 Å². The number of rotatable bonds is 2. The summed E-state index contributed by atoms with van der Waals surface area (Å²) in [5.74, 6) is 0. The quantitative estimate of drug-likeness (QED) is 0.216. The first-order valence-electron chi connectivity index (χ1n) is 13.5. The van der Waals surface area contributed by atoms with Crippen molar-refractivity contribution in [1.82, 2.24) is 9.13 Å². The monoisotopic (exact) mass is 516 g/mol. The van der Waals surface area contributed by atoms with E-state index in [-0.39, 0.29) is 6.04 Å². The number of benzene rings is 5. The van der Waals surface area contributed by atoms with Gasteiger partial charge >= 0.3 is 0 Å². The van der Waals surface area contributed by atoms with Gasteiger partial charge in [-0.1, -0.05) is 78.9 Å². The Kier molecular flexibility index (Phi) is 4.35. The number of para-hydroxylation sites is 4. The van der Waals surface area contributed by atoms with E-state index in [1.807, 2.05) is 11.3 Å². The zero-order chi connectivity index (χ0) is 25.5. The topological polar surface area (TPSA) is 9.86 Å². The predicted octanol–water partition coefficient (Wildman–Crippen LogP) is 9.92. The van der Waals surface area contributed by atoms with Gasteiger partial charge in [0.15, 0.2) is 0 Å². The number of fused-ring (bicyclic) bond motifs is 9. The average molecular weight is 517 g/mol. The molecule has 9 rings (SSSR count). The van der Waals surface area contributed by atoms with Crippen LogP contribution in [-0.4, -0.2) is 9.13 Å². The van der Waals surface area contributed by atoms with Crippen molar-refractivity contribution in [2.75, 3.05) is 0 Å². The molecular formula is C36H24N2S. The Balaban J connectivity index is 1.24. The molecule has 0 amide bonds.